The van der Waals surface area contributed by atoms with Crippen LogP contribution in [0.4, 0.5) is 0 Å². The summed E-state index contributed by atoms with van der Waals surface area (Å²) in [5.74, 6) is 0.125. The molecule has 6 nitrogen and oxygen atoms in total. The zero-order valence-electron chi connectivity index (χ0n) is 14.6. The van der Waals surface area contributed by atoms with Crippen molar-refractivity contribution in [3.63, 3.8) is 0 Å². The minimum Gasteiger partial charge on any atom is -0.492 e. The van der Waals surface area contributed by atoms with Crippen LogP contribution in [-0.2, 0) is 16.0 Å². The molecule has 0 saturated carbocycles. The summed E-state index contributed by atoms with van der Waals surface area (Å²) in [6.07, 6.45) is -0.962. The van der Waals surface area contributed by atoms with E-state index in [1.165, 1.54) is 0 Å². The molecule has 0 spiro atoms. The summed E-state index contributed by atoms with van der Waals surface area (Å²) in [6.45, 7) is 7.74. The third-order valence-corrected chi connectivity index (χ3v) is 4.21. The Morgan fingerprint density at radius 3 is 2.67 bits per heavy atom. The second-order valence-corrected chi connectivity index (χ2v) is 6.07. The van der Waals surface area contributed by atoms with E-state index in [2.05, 4.69) is 16.8 Å². The fraction of sp³-hybridized carbons (Fsp3) is 0.611. The lowest BCUT2D eigenvalue weighted by Gasteiger charge is -2.32. The Morgan fingerprint density at radius 2 is 1.96 bits per heavy atom. The van der Waals surface area contributed by atoms with E-state index in [-0.39, 0.29) is 13.0 Å². The smallest absolute Gasteiger partial charge is 0.335 e. The standard InChI is InChI=1S/C18H28N2O4/c1-3-23-18(22)16(21)14-15-6-4-5-7-17(15)24-13-12-20-10-8-19(2)9-11-20/h4-7,16,21H,3,8-14H2,1-2H3. The highest BCUT2D eigenvalue weighted by Gasteiger charge is 2.19. The van der Waals surface area contributed by atoms with Gasteiger partial charge in [-0.2, -0.15) is 0 Å². The van der Waals surface area contributed by atoms with Crippen LogP contribution in [0.15, 0.2) is 24.3 Å². The molecule has 1 heterocycles. The third kappa shape index (κ3) is 5.78. The number of likely N-dealkylation sites (N-methyl/N-ethyl adjacent to an activating group) is 1. The zero-order valence-corrected chi connectivity index (χ0v) is 14.6. The first kappa shape index (κ1) is 18.7. The maximum Gasteiger partial charge on any atom is 0.335 e. The number of para-hydroxylation sites is 1. The Morgan fingerprint density at radius 1 is 1.25 bits per heavy atom. The molecule has 1 aliphatic heterocycles. The lowest BCUT2D eigenvalue weighted by atomic mass is 10.1. The molecule has 1 aromatic rings. The van der Waals surface area contributed by atoms with Crippen LogP contribution in [0.3, 0.4) is 0 Å². The quantitative estimate of drug-likeness (QED) is 0.708. The van der Waals surface area contributed by atoms with E-state index in [4.69, 9.17) is 9.47 Å². The van der Waals surface area contributed by atoms with E-state index in [1.54, 1.807) is 6.92 Å². The van der Waals surface area contributed by atoms with Crippen LogP contribution in [0.5, 0.6) is 5.75 Å². The number of esters is 1. The van der Waals surface area contributed by atoms with Gasteiger partial charge in [-0.25, -0.2) is 4.79 Å². The van der Waals surface area contributed by atoms with Crippen molar-refractivity contribution in [3.8, 4) is 5.75 Å². The summed E-state index contributed by atoms with van der Waals surface area (Å²) in [4.78, 5) is 16.3. The van der Waals surface area contributed by atoms with Gasteiger partial charge in [-0.05, 0) is 25.6 Å². The molecule has 1 N–H and O–H groups in total. The van der Waals surface area contributed by atoms with Crippen molar-refractivity contribution in [2.45, 2.75) is 19.4 Å². The summed E-state index contributed by atoms with van der Waals surface area (Å²) in [5, 5.41) is 9.94. The van der Waals surface area contributed by atoms with E-state index in [0.717, 1.165) is 44.0 Å². The van der Waals surface area contributed by atoms with Gasteiger partial charge in [-0.1, -0.05) is 18.2 Å². The van der Waals surface area contributed by atoms with Crippen LogP contribution < -0.4 is 4.74 Å². The van der Waals surface area contributed by atoms with Gasteiger partial charge in [-0.3, -0.25) is 4.90 Å². The maximum absolute atomic E-state index is 11.6. The van der Waals surface area contributed by atoms with Crippen LogP contribution in [-0.4, -0.2) is 80.0 Å². The molecule has 1 fully saturated rings. The van der Waals surface area contributed by atoms with Gasteiger partial charge in [0.25, 0.3) is 0 Å². The molecule has 6 heteroatoms. The molecule has 1 saturated heterocycles. The number of benzene rings is 1. The number of aliphatic hydroxyl groups is 1. The van der Waals surface area contributed by atoms with Gasteiger partial charge >= 0.3 is 5.97 Å². The molecule has 134 valence electrons. The van der Waals surface area contributed by atoms with Gasteiger partial charge in [0.15, 0.2) is 6.10 Å². The highest BCUT2D eigenvalue weighted by Crippen LogP contribution is 2.20. The molecule has 0 amide bonds. The number of ether oxygens (including phenoxy) is 2. The van der Waals surface area contributed by atoms with Crippen LogP contribution in [0.25, 0.3) is 0 Å². The molecule has 1 unspecified atom stereocenters. The molecule has 0 aromatic heterocycles. The minimum atomic E-state index is -1.16. The van der Waals surface area contributed by atoms with Crippen molar-refractivity contribution < 1.29 is 19.4 Å². The number of piperazine rings is 1. The Hall–Kier alpha value is -1.63. The van der Waals surface area contributed by atoms with Gasteiger partial charge in [0.2, 0.25) is 0 Å². The molecule has 1 aromatic carbocycles. The normalized spacial score (nSPS) is 17.5. The molecule has 1 aliphatic rings. The van der Waals surface area contributed by atoms with Crippen molar-refractivity contribution in [1.29, 1.82) is 0 Å². The monoisotopic (exact) mass is 336 g/mol. The fourth-order valence-corrected chi connectivity index (χ4v) is 2.70. The van der Waals surface area contributed by atoms with Crippen molar-refractivity contribution in [2.75, 3.05) is 53.0 Å². The molecule has 1 atom stereocenters. The average molecular weight is 336 g/mol. The Labute approximate surface area is 144 Å². The zero-order chi connectivity index (χ0) is 17.4. The average Bonchev–Trinajstić information content (AvgIpc) is 2.58. The van der Waals surface area contributed by atoms with E-state index >= 15 is 0 Å². The van der Waals surface area contributed by atoms with Crippen molar-refractivity contribution >= 4 is 5.97 Å². The first-order valence-corrected chi connectivity index (χ1v) is 8.56. The molecular weight excluding hydrogens is 308 g/mol. The van der Waals surface area contributed by atoms with Crippen molar-refractivity contribution in [3.05, 3.63) is 29.8 Å². The van der Waals surface area contributed by atoms with Gasteiger partial charge in [0.05, 0.1) is 6.61 Å². The Balaban J connectivity index is 1.83. The number of rotatable bonds is 8. The highest BCUT2D eigenvalue weighted by atomic mass is 16.5. The lowest BCUT2D eigenvalue weighted by molar-refractivity contribution is -0.152. The summed E-state index contributed by atoms with van der Waals surface area (Å²) in [5.41, 5.74) is 0.816. The second kappa shape index (κ2) is 9.61. The highest BCUT2D eigenvalue weighted by molar-refractivity contribution is 5.74. The molecule has 24 heavy (non-hydrogen) atoms. The van der Waals surface area contributed by atoms with Crippen LogP contribution in [0.1, 0.15) is 12.5 Å². The summed E-state index contributed by atoms with van der Waals surface area (Å²) in [6, 6.07) is 7.51. The van der Waals surface area contributed by atoms with E-state index in [0.29, 0.717) is 6.61 Å². The lowest BCUT2D eigenvalue weighted by Crippen LogP contribution is -2.45. The number of carbonyl (C=O) groups excluding carboxylic acids is 1. The predicted octanol–water partition coefficient (Wildman–Crippen LogP) is 0.779. The number of nitrogens with zero attached hydrogens (tertiary/aromatic N) is 2. The summed E-state index contributed by atoms with van der Waals surface area (Å²) >= 11 is 0. The van der Waals surface area contributed by atoms with Crippen molar-refractivity contribution in [2.24, 2.45) is 0 Å². The topological polar surface area (TPSA) is 62.2 Å². The number of hydrogen-bond acceptors (Lipinski definition) is 6. The Bertz CT molecular complexity index is 515. The number of hydrogen-bond donors (Lipinski definition) is 1. The number of aliphatic hydroxyl groups excluding tert-OH is 1. The van der Waals surface area contributed by atoms with Crippen LogP contribution in [0, 0.1) is 0 Å². The summed E-state index contributed by atoms with van der Waals surface area (Å²) in [7, 11) is 2.14. The van der Waals surface area contributed by atoms with Gasteiger partial charge < -0.3 is 19.5 Å². The van der Waals surface area contributed by atoms with Crippen LogP contribution in [0.2, 0.25) is 0 Å². The van der Waals surface area contributed by atoms with Gasteiger partial charge in [0.1, 0.15) is 12.4 Å². The van der Waals surface area contributed by atoms with E-state index in [9.17, 15) is 9.90 Å². The van der Waals surface area contributed by atoms with Crippen LogP contribution >= 0.6 is 0 Å². The molecule has 2 rings (SSSR count). The molecule has 0 radical (unpaired) electrons. The molecular formula is C18H28N2O4. The predicted molar refractivity (Wildman–Crippen MR) is 92.2 cm³/mol. The third-order valence-electron chi connectivity index (χ3n) is 4.21. The SMILES string of the molecule is CCOC(=O)C(O)Cc1ccccc1OCCN1CCN(C)CC1. The van der Waals surface area contributed by atoms with E-state index in [1.807, 2.05) is 24.3 Å². The first-order valence-electron chi connectivity index (χ1n) is 8.56. The maximum atomic E-state index is 11.6. The second-order valence-electron chi connectivity index (χ2n) is 6.07. The van der Waals surface area contributed by atoms with E-state index < -0.39 is 12.1 Å². The van der Waals surface area contributed by atoms with Gasteiger partial charge in [0, 0.05) is 39.1 Å². The number of carbonyl (C=O) groups is 1. The first-order chi connectivity index (χ1) is 11.6. The summed E-state index contributed by atoms with van der Waals surface area (Å²) < 4.78 is 10.7. The van der Waals surface area contributed by atoms with Crippen molar-refractivity contribution in [1.82, 2.24) is 9.80 Å². The Kier molecular flexibility index (Phi) is 7.49. The fourth-order valence-electron chi connectivity index (χ4n) is 2.70. The van der Waals surface area contributed by atoms with Gasteiger partial charge in [-0.15, -0.1) is 0 Å². The minimum absolute atomic E-state index is 0.198. The largest absolute Gasteiger partial charge is 0.492 e. The molecule has 0 bridgehead atoms. The molecule has 0 aliphatic carbocycles.